The monoisotopic (exact) mass is 266 g/mol. The maximum atomic E-state index is 13.0. The van der Waals surface area contributed by atoms with E-state index >= 15 is 0 Å². The topological polar surface area (TPSA) is 52.6 Å². The molecule has 0 bridgehead atoms. The highest BCUT2D eigenvalue weighted by Gasteiger charge is 2.16. The molecule has 0 unspecified atom stereocenters. The van der Waals surface area contributed by atoms with E-state index in [0.717, 1.165) is 25.9 Å². The van der Waals surface area contributed by atoms with Crippen molar-refractivity contribution in [3.63, 3.8) is 0 Å². The van der Waals surface area contributed by atoms with Crippen LogP contribution < -0.4 is 5.32 Å². The highest BCUT2D eigenvalue weighted by molar-refractivity contribution is 5.76. The van der Waals surface area contributed by atoms with Crippen molar-refractivity contribution in [2.24, 2.45) is 0 Å². The van der Waals surface area contributed by atoms with E-state index in [1.54, 1.807) is 0 Å². The lowest BCUT2D eigenvalue weighted by molar-refractivity contribution is -0.130. The van der Waals surface area contributed by atoms with Crippen molar-refractivity contribution in [3.05, 3.63) is 29.6 Å². The summed E-state index contributed by atoms with van der Waals surface area (Å²) >= 11 is 0. The number of phenolic OH excluding ortho intramolecular Hbond substituents is 1. The lowest BCUT2D eigenvalue weighted by Gasteiger charge is -2.15. The number of carbonyl (C=O) groups is 1. The quantitative estimate of drug-likeness (QED) is 0.797. The molecule has 0 atom stereocenters. The van der Waals surface area contributed by atoms with Gasteiger partial charge in [-0.15, -0.1) is 0 Å². The van der Waals surface area contributed by atoms with Crippen LogP contribution in [0.5, 0.6) is 5.75 Å². The normalized spacial score (nSPS) is 14.9. The Kier molecular flexibility index (Phi) is 4.74. The molecule has 1 fully saturated rings. The van der Waals surface area contributed by atoms with Crippen LogP contribution in [0.4, 0.5) is 4.39 Å². The Balaban J connectivity index is 1.71. The van der Waals surface area contributed by atoms with Crippen molar-refractivity contribution in [2.45, 2.75) is 25.8 Å². The van der Waals surface area contributed by atoms with Crippen molar-refractivity contribution < 1.29 is 14.3 Å². The summed E-state index contributed by atoms with van der Waals surface area (Å²) in [6.07, 6.45) is 2.63. The molecule has 1 amide bonds. The van der Waals surface area contributed by atoms with E-state index in [4.69, 9.17) is 0 Å². The molecule has 0 aromatic heterocycles. The number of hydrogen-bond acceptors (Lipinski definition) is 3. The van der Waals surface area contributed by atoms with Gasteiger partial charge in [-0.2, -0.15) is 0 Å². The summed E-state index contributed by atoms with van der Waals surface area (Å²) in [5.41, 5.74) is 0.508. The molecule has 5 heteroatoms. The van der Waals surface area contributed by atoms with Gasteiger partial charge in [-0.25, -0.2) is 4.39 Å². The van der Waals surface area contributed by atoms with Gasteiger partial charge in [0, 0.05) is 38.2 Å². The van der Waals surface area contributed by atoms with Crippen LogP contribution in [-0.2, 0) is 11.3 Å². The van der Waals surface area contributed by atoms with Crippen LogP contribution in [0.2, 0.25) is 0 Å². The number of phenols is 1. The fraction of sp³-hybridized carbons (Fsp3) is 0.500. The van der Waals surface area contributed by atoms with Gasteiger partial charge >= 0.3 is 0 Å². The van der Waals surface area contributed by atoms with Crippen LogP contribution in [0.3, 0.4) is 0 Å². The number of amides is 1. The minimum absolute atomic E-state index is 0.0692. The number of aromatic hydroxyl groups is 1. The highest BCUT2D eigenvalue weighted by atomic mass is 19.1. The maximum absolute atomic E-state index is 13.0. The predicted molar refractivity (Wildman–Crippen MR) is 70.2 cm³/mol. The average molecular weight is 266 g/mol. The Hall–Kier alpha value is -1.62. The van der Waals surface area contributed by atoms with Crippen molar-refractivity contribution in [1.29, 1.82) is 0 Å². The molecule has 2 rings (SSSR count). The fourth-order valence-electron chi connectivity index (χ4n) is 2.24. The largest absolute Gasteiger partial charge is 0.508 e. The molecule has 1 aliphatic heterocycles. The number of halogens is 1. The number of nitrogens with one attached hydrogen (secondary N) is 1. The SMILES string of the molecule is O=C(CCNCc1cc(F)ccc1O)N1CCCC1. The first-order valence-electron chi connectivity index (χ1n) is 6.63. The number of carbonyl (C=O) groups excluding carboxylic acids is 1. The molecular weight excluding hydrogens is 247 g/mol. The van der Waals surface area contributed by atoms with Crippen molar-refractivity contribution in [1.82, 2.24) is 10.2 Å². The lowest BCUT2D eigenvalue weighted by atomic mass is 10.2. The first kappa shape index (κ1) is 13.8. The van der Waals surface area contributed by atoms with Gasteiger partial charge in [-0.1, -0.05) is 0 Å². The van der Waals surface area contributed by atoms with E-state index in [0.29, 0.717) is 25.1 Å². The molecule has 104 valence electrons. The summed E-state index contributed by atoms with van der Waals surface area (Å²) < 4.78 is 13.0. The Morgan fingerprint density at radius 1 is 1.37 bits per heavy atom. The standard InChI is InChI=1S/C14H19FN2O2/c15-12-3-4-13(18)11(9-12)10-16-6-5-14(19)17-7-1-2-8-17/h3-4,9,16,18H,1-2,5-8,10H2. The number of rotatable bonds is 5. The van der Waals surface area contributed by atoms with Gasteiger partial charge in [0.15, 0.2) is 0 Å². The molecule has 2 N–H and O–H groups in total. The van der Waals surface area contributed by atoms with E-state index in [1.165, 1.54) is 18.2 Å². The van der Waals surface area contributed by atoms with Crippen LogP contribution in [-0.4, -0.2) is 35.5 Å². The van der Waals surface area contributed by atoms with Crippen molar-refractivity contribution in [2.75, 3.05) is 19.6 Å². The molecular formula is C14H19FN2O2. The summed E-state index contributed by atoms with van der Waals surface area (Å²) in [5.74, 6) is -0.143. The zero-order valence-electron chi connectivity index (χ0n) is 10.9. The minimum atomic E-state index is -0.372. The first-order valence-corrected chi connectivity index (χ1v) is 6.63. The molecule has 1 aromatic rings. The Morgan fingerprint density at radius 2 is 2.11 bits per heavy atom. The first-order chi connectivity index (χ1) is 9.16. The van der Waals surface area contributed by atoms with Crippen molar-refractivity contribution in [3.8, 4) is 5.75 Å². The Bertz CT molecular complexity index is 445. The summed E-state index contributed by atoms with van der Waals surface area (Å²) in [5, 5.41) is 12.6. The maximum Gasteiger partial charge on any atom is 0.223 e. The average Bonchev–Trinajstić information content (AvgIpc) is 2.92. The van der Waals surface area contributed by atoms with Gasteiger partial charge in [-0.05, 0) is 31.0 Å². The van der Waals surface area contributed by atoms with Crippen molar-refractivity contribution >= 4 is 5.91 Å². The molecule has 0 radical (unpaired) electrons. The van der Waals surface area contributed by atoms with E-state index in [9.17, 15) is 14.3 Å². The van der Waals surface area contributed by atoms with E-state index in [2.05, 4.69) is 5.32 Å². The summed E-state index contributed by atoms with van der Waals surface area (Å²) in [6.45, 7) is 2.62. The third-order valence-corrected chi connectivity index (χ3v) is 3.33. The second-order valence-electron chi connectivity index (χ2n) is 4.79. The summed E-state index contributed by atoms with van der Waals surface area (Å²) in [4.78, 5) is 13.6. The molecule has 1 aliphatic rings. The fourth-order valence-corrected chi connectivity index (χ4v) is 2.24. The summed E-state index contributed by atoms with van der Waals surface area (Å²) in [7, 11) is 0. The second kappa shape index (κ2) is 6.52. The van der Waals surface area contributed by atoms with E-state index in [1.807, 2.05) is 4.90 Å². The smallest absolute Gasteiger partial charge is 0.223 e. The van der Waals surface area contributed by atoms with Crippen LogP contribution in [0, 0.1) is 5.82 Å². The van der Waals surface area contributed by atoms with E-state index in [-0.39, 0.29) is 17.5 Å². The second-order valence-corrected chi connectivity index (χ2v) is 4.79. The molecule has 1 aromatic carbocycles. The molecule has 0 aliphatic carbocycles. The third-order valence-electron chi connectivity index (χ3n) is 3.33. The van der Waals surface area contributed by atoms with Gasteiger partial charge in [0.05, 0.1) is 0 Å². The molecule has 1 saturated heterocycles. The molecule has 19 heavy (non-hydrogen) atoms. The van der Waals surface area contributed by atoms with E-state index < -0.39 is 0 Å². The van der Waals surface area contributed by atoms with Crippen LogP contribution in [0.25, 0.3) is 0 Å². The zero-order valence-corrected chi connectivity index (χ0v) is 10.9. The summed E-state index contributed by atoms with van der Waals surface area (Å²) in [6, 6.07) is 3.85. The number of hydrogen-bond donors (Lipinski definition) is 2. The van der Waals surface area contributed by atoms with Crippen LogP contribution >= 0.6 is 0 Å². The van der Waals surface area contributed by atoms with Crippen LogP contribution in [0.1, 0.15) is 24.8 Å². The van der Waals surface area contributed by atoms with Gasteiger partial charge in [0.25, 0.3) is 0 Å². The molecule has 0 saturated carbocycles. The predicted octanol–water partition coefficient (Wildman–Crippen LogP) is 1.63. The lowest BCUT2D eigenvalue weighted by Crippen LogP contribution is -2.30. The van der Waals surface area contributed by atoms with Gasteiger partial charge in [0.2, 0.25) is 5.91 Å². The number of benzene rings is 1. The van der Waals surface area contributed by atoms with Gasteiger partial charge < -0.3 is 15.3 Å². The molecule has 0 spiro atoms. The number of nitrogens with zero attached hydrogens (tertiary/aromatic N) is 1. The third kappa shape index (κ3) is 3.92. The number of likely N-dealkylation sites (tertiary alicyclic amines) is 1. The van der Waals surface area contributed by atoms with Gasteiger partial charge in [0.1, 0.15) is 11.6 Å². The van der Waals surface area contributed by atoms with Gasteiger partial charge in [-0.3, -0.25) is 4.79 Å². The highest BCUT2D eigenvalue weighted by Crippen LogP contribution is 2.17. The molecule has 1 heterocycles. The Labute approximate surface area is 112 Å². The zero-order chi connectivity index (χ0) is 13.7. The van der Waals surface area contributed by atoms with Crippen LogP contribution in [0.15, 0.2) is 18.2 Å². The Morgan fingerprint density at radius 3 is 2.84 bits per heavy atom. The molecule has 4 nitrogen and oxygen atoms in total. The minimum Gasteiger partial charge on any atom is -0.508 e.